The fourth-order valence-corrected chi connectivity index (χ4v) is 4.56. The normalized spacial score (nSPS) is 11.0. The monoisotopic (exact) mass is 602 g/mol. The van der Waals surface area contributed by atoms with Crippen LogP contribution in [0.1, 0.15) is 71.1 Å². The first-order valence-electron chi connectivity index (χ1n) is 12.7. The highest BCUT2D eigenvalue weighted by molar-refractivity contribution is 9.10. The van der Waals surface area contributed by atoms with Gasteiger partial charge in [0.2, 0.25) is 0 Å². The molecule has 1 aromatic carbocycles. The molecule has 35 heavy (non-hydrogen) atoms. The van der Waals surface area contributed by atoms with Crippen LogP contribution in [0.3, 0.4) is 0 Å². The summed E-state index contributed by atoms with van der Waals surface area (Å²) in [5.74, 6) is 1.54. The predicted octanol–water partition coefficient (Wildman–Crippen LogP) is 9.64. The van der Waals surface area contributed by atoms with Gasteiger partial charge in [0, 0.05) is 32.5 Å². The van der Waals surface area contributed by atoms with Crippen molar-refractivity contribution in [2.45, 2.75) is 71.1 Å². The van der Waals surface area contributed by atoms with E-state index in [0.29, 0.717) is 6.61 Å². The Balaban J connectivity index is 1.66. The van der Waals surface area contributed by atoms with Crippen molar-refractivity contribution in [2.24, 2.45) is 0 Å². The molecule has 0 fully saturated rings. The van der Waals surface area contributed by atoms with Crippen molar-refractivity contribution < 1.29 is 9.47 Å². The van der Waals surface area contributed by atoms with Gasteiger partial charge in [-0.15, -0.1) is 0 Å². The minimum atomic E-state index is 0.680. The zero-order valence-electron chi connectivity index (χ0n) is 20.9. The lowest BCUT2D eigenvalue weighted by atomic mass is 10.0. The van der Waals surface area contributed by atoms with Crippen LogP contribution in [0.2, 0.25) is 0 Å². The van der Waals surface area contributed by atoms with E-state index in [-0.39, 0.29) is 0 Å². The van der Waals surface area contributed by atoms with Crippen LogP contribution >= 0.6 is 31.9 Å². The number of hydrogen-bond acceptors (Lipinski definition) is 4. The molecule has 4 nitrogen and oxygen atoms in total. The van der Waals surface area contributed by atoms with Gasteiger partial charge in [-0.3, -0.25) is 9.97 Å². The fourth-order valence-electron chi connectivity index (χ4n) is 4.09. The van der Waals surface area contributed by atoms with Gasteiger partial charge in [0.1, 0.15) is 11.5 Å². The fraction of sp³-hybridized carbons (Fsp3) is 0.448. The summed E-state index contributed by atoms with van der Waals surface area (Å²) in [6.45, 7) is 2.95. The minimum Gasteiger partial charge on any atom is -0.496 e. The first-order chi connectivity index (χ1) is 17.1. The smallest absolute Gasteiger partial charge is 0.129 e. The lowest BCUT2D eigenvalue weighted by Crippen LogP contribution is -2.01. The molecule has 0 saturated carbocycles. The van der Waals surface area contributed by atoms with Gasteiger partial charge in [-0.1, -0.05) is 64.7 Å². The minimum absolute atomic E-state index is 0.680. The maximum atomic E-state index is 6.33. The molecule has 2 heterocycles. The Hall–Kier alpha value is -1.92. The van der Waals surface area contributed by atoms with E-state index in [1.807, 2.05) is 36.4 Å². The zero-order chi connectivity index (χ0) is 24.9. The third kappa shape index (κ3) is 8.91. The second-order valence-electron chi connectivity index (χ2n) is 8.80. The van der Waals surface area contributed by atoms with Gasteiger partial charge in [-0.2, -0.15) is 0 Å². The third-order valence-electron chi connectivity index (χ3n) is 6.06. The number of hydrogen-bond donors (Lipinski definition) is 0. The van der Waals surface area contributed by atoms with Crippen molar-refractivity contribution in [3.8, 4) is 34.0 Å². The summed E-state index contributed by atoms with van der Waals surface area (Å²) in [7, 11) is 1.68. The number of unbranched alkanes of at least 4 members (excludes halogenated alkanes) is 9. The SMILES string of the molecule is CCCCCCCCCCCCOc1cc(-c2ccc(Br)cn2)c(OC)cc1-c1ccc(Br)cn1. The molecule has 3 aromatic rings. The second-order valence-corrected chi connectivity index (χ2v) is 10.6. The highest BCUT2D eigenvalue weighted by Crippen LogP contribution is 2.40. The van der Waals surface area contributed by atoms with Crippen LogP contribution in [0.4, 0.5) is 0 Å². The zero-order valence-corrected chi connectivity index (χ0v) is 24.0. The second kappa shape index (κ2) is 15.2. The summed E-state index contributed by atoms with van der Waals surface area (Å²) in [4.78, 5) is 9.17. The van der Waals surface area contributed by atoms with Crippen molar-refractivity contribution in [3.63, 3.8) is 0 Å². The summed E-state index contributed by atoms with van der Waals surface area (Å²) >= 11 is 6.94. The Kier molecular flexibility index (Phi) is 12.1. The van der Waals surface area contributed by atoms with Crippen LogP contribution in [0, 0.1) is 0 Å². The first-order valence-corrected chi connectivity index (χ1v) is 14.3. The quantitative estimate of drug-likeness (QED) is 0.162. The van der Waals surface area contributed by atoms with E-state index in [0.717, 1.165) is 49.4 Å². The average Bonchev–Trinajstić information content (AvgIpc) is 2.88. The number of pyridine rings is 2. The molecule has 0 aliphatic rings. The van der Waals surface area contributed by atoms with E-state index in [4.69, 9.17) is 9.47 Å². The van der Waals surface area contributed by atoms with Gasteiger partial charge in [-0.05, 0) is 74.7 Å². The Morgan fingerprint density at radius 1 is 0.657 bits per heavy atom. The molecular formula is C29H36Br2N2O2. The van der Waals surface area contributed by atoms with Crippen LogP contribution < -0.4 is 9.47 Å². The molecule has 0 radical (unpaired) electrons. The van der Waals surface area contributed by atoms with E-state index in [9.17, 15) is 0 Å². The predicted molar refractivity (Wildman–Crippen MR) is 152 cm³/mol. The van der Waals surface area contributed by atoms with Gasteiger partial charge in [0.25, 0.3) is 0 Å². The summed E-state index contributed by atoms with van der Waals surface area (Å²) in [5, 5.41) is 0. The van der Waals surface area contributed by atoms with E-state index in [2.05, 4.69) is 48.8 Å². The largest absolute Gasteiger partial charge is 0.496 e. The first kappa shape index (κ1) is 27.7. The van der Waals surface area contributed by atoms with Crippen LogP contribution in [0.5, 0.6) is 11.5 Å². The molecule has 0 N–H and O–H groups in total. The molecule has 0 amide bonds. The molecule has 3 rings (SSSR count). The molecule has 2 aromatic heterocycles. The summed E-state index contributed by atoms with van der Waals surface area (Å²) in [6, 6.07) is 12.0. The number of nitrogens with zero attached hydrogens (tertiary/aromatic N) is 2. The number of halogens is 2. The van der Waals surface area contributed by atoms with Gasteiger partial charge in [0.15, 0.2) is 0 Å². The van der Waals surface area contributed by atoms with Crippen molar-refractivity contribution >= 4 is 31.9 Å². The van der Waals surface area contributed by atoms with E-state index in [1.165, 1.54) is 57.8 Å². The van der Waals surface area contributed by atoms with Gasteiger partial charge < -0.3 is 9.47 Å². The Labute approximate surface area is 227 Å². The molecule has 0 aliphatic carbocycles. The van der Waals surface area contributed by atoms with Crippen molar-refractivity contribution in [1.29, 1.82) is 0 Å². The Morgan fingerprint density at radius 2 is 1.14 bits per heavy atom. The van der Waals surface area contributed by atoms with E-state index >= 15 is 0 Å². The van der Waals surface area contributed by atoms with E-state index < -0.39 is 0 Å². The van der Waals surface area contributed by atoms with Crippen LogP contribution in [0.15, 0.2) is 57.7 Å². The topological polar surface area (TPSA) is 44.2 Å². The van der Waals surface area contributed by atoms with Crippen molar-refractivity contribution in [3.05, 3.63) is 57.7 Å². The lowest BCUT2D eigenvalue weighted by Gasteiger charge is -2.16. The van der Waals surface area contributed by atoms with Crippen molar-refractivity contribution in [2.75, 3.05) is 13.7 Å². The van der Waals surface area contributed by atoms with Crippen molar-refractivity contribution in [1.82, 2.24) is 9.97 Å². The highest BCUT2D eigenvalue weighted by atomic mass is 79.9. The van der Waals surface area contributed by atoms with E-state index in [1.54, 1.807) is 19.5 Å². The molecule has 0 bridgehead atoms. The molecule has 6 heteroatoms. The summed E-state index contributed by atoms with van der Waals surface area (Å²) in [6.07, 6.45) is 16.6. The maximum Gasteiger partial charge on any atom is 0.129 e. The van der Waals surface area contributed by atoms with Gasteiger partial charge in [-0.25, -0.2) is 0 Å². The van der Waals surface area contributed by atoms with Crippen LogP contribution in [-0.4, -0.2) is 23.7 Å². The Morgan fingerprint density at radius 3 is 1.63 bits per heavy atom. The molecule has 188 valence electrons. The standard InChI is InChI=1S/C29H36Br2N2O2/c1-3-4-5-6-7-8-9-10-11-12-17-35-29-19-24(26-15-13-22(30)20-32-26)28(34-2)18-25(29)27-16-14-23(31)21-33-27/h13-16,18-21H,3-12,17H2,1-2H3. The average molecular weight is 604 g/mol. The third-order valence-corrected chi connectivity index (χ3v) is 7.00. The van der Waals surface area contributed by atoms with Gasteiger partial charge in [0.05, 0.1) is 25.1 Å². The number of rotatable bonds is 15. The molecule has 0 spiro atoms. The highest BCUT2D eigenvalue weighted by Gasteiger charge is 2.16. The number of ether oxygens (including phenoxy) is 2. The number of methoxy groups -OCH3 is 1. The molecule has 0 saturated heterocycles. The summed E-state index contributed by atoms with van der Waals surface area (Å²) in [5.41, 5.74) is 3.50. The summed E-state index contributed by atoms with van der Waals surface area (Å²) < 4.78 is 14.0. The number of aromatic nitrogens is 2. The maximum absolute atomic E-state index is 6.33. The molecule has 0 aliphatic heterocycles. The molecule has 0 unspecified atom stereocenters. The lowest BCUT2D eigenvalue weighted by molar-refractivity contribution is 0.305. The van der Waals surface area contributed by atoms with Gasteiger partial charge >= 0.3 is 0 Å². The Bertz CT molecular complexity index is 1020. The van der Waals surface area contributed by atoms with Crippen LogP contribution in [-0.2, 0) is 0 Å². The molecular weight excluding hydrogens is 568 g/mol. The molecule has 0 atom stereocenters. The number of benzene rings is 1. The van der Waals surface area contributed by atoms with Crippen LogP contribution in [0.25, 0.3) is 22.5 Å².